The van der Waals surface area contributed by atoms with Gasteiger partial charge in [-0.05, 0) is 24.3 Å². The van der Waals surface area contributed by atoms with Gasteiger partial charge in [0.1, 0.15) is 11.4 Å². The Morgan fingerprint density at radius 3 is 2.40 bits per heavy atom. The van der Waals surface area contributed by atoms with E-state index in [1.165, 1.54) is 12.1 Å². The number of nitro groups is 1. The van der Waals surface area contributed by atoms with E-state index < -0.39 is 33.5 Å². The molecule has 7 nitrogen and oxygen atoms in total. The van der Waals surface area contributed by atoms with Gasteiger partial charge in [0, 0.05) is 11.8 Å². The lowest BCUT2D eigenvalue weighted by Crippen LogP contribution is -2.25. The highest BCUT2D eigenvalue weighted by Gasteiger charge is 2.19. The van der Waals surface area contributed by atoms with Crippen molar-refractivity contribution in [1.29, 1.82) is 0 Å². The number of hydrogen-bond donors (Lipinski definition) is 1. The van der Waals surface area contributed by atoms with Gasteiger partial charge in [-0.2, -0.15) is 0 Å². The van der Waals surface area contributed by atoms with Crippen LogP contribution in [0.2, 0.25) is 0 Å². The highest BCUT2D eigenvalue weighted by atomic mass is 19.1. The van der Waals surface area contributed by atoms with Gasteiger partial charge in [-0.25, -0.2) is 9.18 Å². The van der Waals surface area contributed by atoms with Crippen LogP contribution in [-0.2, 0) is 0 Å². The second-order valence-corrected chi connectivity index (χ2v) is 3.83. The highest BCUT2D eigenvalue weighted by molar-refractivity contribution is 5.88. The molecule has 1 heterocycles. The zero-order valence-corrected chi connectivity index (χ0v) is 9.82. The van der Waals surface area contributed by atoms with E-state index in [2.05, 4.69) is 0 Å². The Kier molecular flexibility index (Phi) is 3.30. The van der Waals surface area contributed by atoms with Crippen molar-refractivity contribution in [3.8, 4) is 5.69 Å². The Balaban J connectivity index is 2.74. The fourth-order valence-electron chi connectivity index (χ4n) is 1.61. The minimum absolute atomic E-state index is 0.127. The maximum atomic E-state index is 12.8. The monoisotopic (exact) mass is 278 g/mol. The van der Waals surface area contributed by atoms with Gasteiger partial charge in [-0.3, -0.25) is 19.5 Å². The van der Waals surface area contributed by atoms with Gasteiger partial charge in [0.2, 0.25) is 0 Å². The van der Waals surface area contributed by atoms with E-state index in [1.807, 2.05) is 0 Å². The van der Waals surface area contributed by atoms with Crippen LogP contribution in [0.15, 0.2) is 41.3 Å². The lowest BCUT2D eigenvalue weighted by molar-refractivity contribution is -0.385. The first-order chi connectivity index (χ1) is 9.40. The molecule has 0 radical (unpaired) electrons. The van der Waals surface area contributed by atoms with Gasteiger partial charge in [0.15, 0.2) is 0 Å². The molecule has 0 aliphatic heterocycles. The Morgan fingerprint density at radius 1 is 1.30 bits per heavy atom. The van der Waals surface area contributed by atoms with Gasteiger partial charge in [0.05, 0.1) is 11.1 Å². The predicted molar refractivity (Wildman–Crippen MR) is 65.6 cm³/mol. The number of nitrogens with zero attached hydrogens (tertiary/aromatic N) is 2. The largest absolute Gasteiger partial charge is 0.477 e. The minimum Gasteiger partial charge on any atom is -0.477 e. The second-order valence-electron chi connectivity index (χ2n) is 3.83. The topological polar surface area (TPSA) is 102 Å². The first-order valence-corrected chi connectivity index (χ1v) is 5.30. The smallest absolute Gasteiger partial charge is 0.341 e. The molecule has 0 atom stereocenters. The van der Waals surface area contributed by atoms with Gasteiger partial charge in [-0.1, -0.05) is 0 Å². The molecule has 8 heteroatoms. The number of halogens is 1. The maximum Gasteiger partial charge on any atom is 0.341 e. The van der Waals surface area contributed by atoms with Crippen LogP contribution in [0.25, 0.3) is 5.69 Å². The number of aromatic nitrogens is 1. The van der Waals surface area contributed by atoms with Crippen molar-refractivity contribution in [2.75, 3.05) is 0 Å². The Morgan fingerprint density at radius 2 is 1.90 bits per heavy atom. The molecule has 1 N–H and O–H groups in total. The number of carboxylic acid groups (broad SMARTS) is 1. The zero-order chi connectivity index (χ0) is 14.9. The van der Waals surface area contributed by atoms with Crippen molar-refractivity contribution in [3.05, 3.63) is 68.4 Å². The molecule has 0 aliphatic carbocycles. The zero-order valence-electron chi connectivity index (χ0n) is 9.82. The molecule has 0 unspecified atom stereocenters. The molecule has 102 valence electrons. The summed E-state index contributed by atoms with van der Waals surface area (Å²) in [5.74, 6) is -2.12. The molecular weight excluding hydrogens is 271 g/mol. The van der Waals surface area contributed by atoms with E-state index in [-0.39, 0.29) is 5.69 Å². The van der Waals surface area contributed by atoms with Crippen LogP contribution in [0.5, 0.6) is 0 Å². The SMILES string of the molecule is O=C(O)c1cc([N+](=O)[O-])cn(-c2ccc(F)cc2)c1=O. The third-order valence-corrected chi connectivity index (χ3v) is 2.55. The second kappa shape index (κ2) is 4.92. The van der Waals surface area contributed by atoms with Crippen LogP contribution in [-0.4, -0.2) is 20.6 Å². The molecule has 0 saturated heterocycles. The van der Waals surface area contributed by atoms with Crippen LogP contribution in [0, 0.1) is 15.9 Å². The van der Waals surface area contributed by atoms with Crippen molar-refractivity contribution in [1.82, 2.24) is 4.57 Å². The molecule has 2 aromatic rings. The number of hydrogen-bond acceptors (Lipinski definition) is 4. The summed E-state index contributed by atoms with van der Waals surface area (Å²) in [4.78, 5) is 32.8. The van der Waals surface area contributed by atoms with E-state index in [4.69, 9.17) is 5.11 Å². The van der Waals surface area contributed by atoms with Crippen molar-refractivity contribution >= 4 is 11.7 Å². The molecule has 0 amide bonds. The average molecular weight is 278 g/mol. The van der Waals surface area contributed by atoms with Crippen LogP contribution in [0.4, 0.5) is 10.1 Å². The summed E-state index contributed by atoms with van der Waals surface area (Å²) in [5.41, 5.74) is -2.09. The van der Waals surface area contributed by atoms with Gasteiger partial charge >= 0.3 is 5.97 Å². The summed E-state index contributed by atoms with van der Waals surface area (Å²) in [5, 5.41) is 19.7. The lowest BCUT2D eigenvalue weighted by atomic mass is 10.2. The van der Waals surface area contributed by atoms with Gasteiger partial charge < -0.3 is 5.11 Å². The molecular formula is C12H7FN2O5. The summed E-state index contributed by atoms with van der Waals surface area (Å²) < 4.78 is 13.6. The van der Waals surface area contributed by atoms with Gasteiger partial charge in [0.25, 0.3) is 11.2 Å². The number of benzene rings is 1. The summed E-state index contributed by atoms with van der Waals surface area (Å²) in [6.07, 6.45) is 0.891. The number of pyridine rings is 1. The number of rotatable bonds is 3. The highest BCUT2D eigenvalue weighted by Crippen LogP contribution is 2.14. The molecule has 1 aromatic heterocycles. The maximum absolute atomic E-state index is 12.8. The lowest BCUT2D eigenvalue weighted by Gasteiger charge is -2.06. The Labute approximate surface area is 110 Å². The first kappa shape index (κ1) is 13.4. The molecule has 20 heavy (non-hydrogen) atoms. The van der Waals surface area contributed by atoms with Crippen molar-refractivity contribution in [2.24, 2.45) is 0 Å². The summed E-state index contributed by atoms with van der Waals surface area (Å²) in [6.45, 7) is 0. The third-order valence-electron chi connectivity index (χ3n) is 2.55. The van der Waals surface area contributed by atoms with Crippen LogP contribution in [0.3, 0.4) is 0 Å². The van der Waals surface area contributed by atoms with Crippen molar-refractivity contribution in [3.63, 3.8) is 0 Å². The Bertz CT molecular complexity index is 751. The van der Waals surface area contributed by atoms with Crippen LogP contribution >= 0.6 is 0 Å². The number of aromatic carboxylic acids is 1. The van der Waals surface area contributed by atoms with Gasteiger partial charge in [-0.15, -0.1) is 0 Å². The quantitative estimate of drug-likeness (QED) is 0.678. The van der Waals surface area contributed by atoms with E-state index in [0.29, 0.717) is 6.07 Å². The molecule has 1 aromatic carbocycles. The van der Waals surface area contributed by atoms with E-state index in [1.54, 1.807) is 0 Å². The number of carbonyl (C=O) groups is 1. The standard InChI is InChI=1S/C12H7FN2O5/c13-7-1-3-8(4-2-7)14-6-9(15(19)20)5-10(11(14)16)12(17)18/h1-6H,(H,17,18). The average Bonchev–Trinajstić information content (AvgIpc) is 2.39. The predicted octanol–water partition coefficient (Wildman–Crippen LogP) is 1.58. The molecule has 0 aliphatic rings. The molecule has 0 fully saturated rings. The summed E-state index contributed by atoms with van der Waals surface area (Å²) >= 11 is 0. The van der Waals surface area contributed by atoms with E-state index >= 15 is 0 Å². The minimum atomic E-state index is -1.57. The van der Waals surface area contributed by atoms with E-state index in [0.717, 1.165) is 22.9 Å². The first-order valence-electron chi connectivity index (χ1n) is 5.30. The molecule has 0 saturated carbocycles. The molecule has 2 rings (SSSR count). The van der Waals surface area contributed by atoms with E-state index in [9.17, 15) is 24.1 Å². The molecule has 0 bridgehead atoms. The van der Waals surface area contributed by atoms with Crippen LogP contribution < -0.4 is 5.56 Å². The fraction of sp³-hybridized carbons (Fsp3) is 0. The summed E-state index contributed by atoms with van der Waals surface area (Å²) in [6, 6.07) is 5.23. The van der Waals surface area contributed by atoms with Crippen molar-refractivity contribution in [2.45, 2.75) is 0 Å². The molecule has 0 spiro atoms. The van der Waals surface area contributed by atoms with Crippen molar-refractivity contribution < 1.29 is 19.2 Å². The third kappa shape index (κ3) is 2.39. The fourth-order valence-corrected chi connectivity index (χ4v) is 1.61. The van der Waals surface area contributed by atoms with Crippen LogP contribution in [0.1, 0.15) is 10.4 Å². The normalized spacial score (nSPS) is 10.2. The summed E-state index contributed by atoms with van der Waals surface area (Å²) in [7, 11) is 0. The number of carboxylic acids is 1. The Hall–Kier alpha value is -3.03.